The molecule has 140 valence electrons. The summed E-state index contributed by atoms with van der Waals surface area (Å²) in [5.74, 6) is -1.07. The van der Waals surface area contributed by atoms with Crippen LogP contribution in [0.2, 0.25) is 0 Å². The van der Waals surface area contributed by atoms with E-state index in [1.165, 1.54) is 90.0 Å². The van der Waals surface area contributed by atoms with Crippen molar-refractivity contribution in [2.45, 2.75) is 110 Å². The van der Waals surface area contributed by atoms with Gasteiger partial charge in [-0.3, -0.25) is 4.79 Å². The number of rotatable bonds is 17. The molecule has 24 heavy (non-hydrogen) atoms. The highest BCUT2D eigenvalue weighted by Gasteiger charge is 2.04. The van der Waals surface area contributed by atoms with Crippen LogP contribution in [0.15, 0.2) is 11.6 Å². The minimum absolute atomic E-state index is 0.0613. The Morgan fingerprint density at radius 2 is 1.08 bits per heavy atom. The molecule has 0 aromatic heterocycles. The van der Waals surface area contributed by atoms with Crippen molar-refractivity contribution in [3.8, 4) is 0 Å². The van der Waals surface area contributed by atoms with E-state index in [1.807, 2.05) is 0 Å². The van der Waals surface area contributed by atoms with Crippen LogP contribution in [-0.2, 0) is 9.59 Å². The van der Waals surface area contributed by atoms with Crippen LogP contribution >= 0.6 is 0 Å². The molecule has 0 saturated carbocycles. The minimum atomic E-state index is -1.01. The van der Waals surface area contributed by atoms with Gasteiger partial charge in [0.1, 0.15) is 0 Å². The molecule has 0 radical (unpaired) electrons. The summed E-state index contributed by atoms with van der Waals surface area (Å²) in [4.78, 5) is 22.2. The second kappa shape index (κ2) is 16.7. The molecule has 0 aliphatic heterocycles. The van der Waals surface area contributed by atoms with Crippen molar-refractivity contribution in [2.24, 2.45) is 0 Å². The molecule has 3 heteroatoms. The van der Waals surface area contributed by atoms with E-state index in [0.29, 0.717) is 6.42 Å². The molecule has 0 aliphatic carbocycles. The zero-order valence-corrected chi connectivity index (χ0v) is 15.9. The Labute approximate surface area is 148 Å². The highest BCUT2D eigenvalue weighted by molar-refractivity contribution is 5.98. The average Bonchev–Trinajstić information content (AvgIpc) is 2.55. The standard InChI is InChI=1S/C21H38O3/c1-3-4-5-6-7-8-9-10-11-12-13-14-15-16-17-20(22)18-19(2)21(23)24/h18H,3-17H2,1-2H3,(H,23,24). The molecule has 3 nitrogen and oxygen atoms in total. The number of aliphatic carboxylic acids is 1. The number of ketones is 1. The summed E-state index contributed by atoms with van der Waals surface area (Å²) in [6, 6.07) is 0. The largest absolute Gasteiger partial charge is 0.478 e. The van der Waals surface area contributed by atoms with Crippen molar-refractivity contribution in [3.63, 3.8) is 0 Å². The lowest BCUT2D eigenvalue weighted by atomic mass is 10.0. The number of unbranched alkanes of at least 4 members (excludes halogenated alkanes) is 13. The maximum Gasteiger partial charge on any atom is 0.331 e. The molecule has 0 rings (SSSR count). The first kappa shape index (κ1) is 22.9. The summed E-state index contributed by atoms with van der Waals surface area (Å²) in [7, 11) is 0. The summed E-state index contributed by atoms with van der Waals surface area (Å²) in [6.45, 7) is 3.72. The zero-order chi connectivity index (χ0) is 18.0. The number of carbonyl (C=O) groups is 2. The van der Waals surface area contributed by atoms with Gasteiger partial charge in [0.15, 0.2) is 5.78 Å². The van der Waals surface area contributed by atoms with E-state index in [0.717, 1.165) is 12.8 Å². The van der Waals surface area contributed by atoms with Gasteiger partial charge in [-0.05, 0) is 19.4 Å². The summed E-state index contributed by atoms with van der Waals surface area (Å²) in [5.41, 5.74) is 0.130. The maximum atomic E-state index is 11.5. The lowest BCUT2D eigenvalue weighted by Crippen LogP contribution is -2.01. The van der Waals surface area contributed by atoms with Gasteiger partial charge in [0.05, 0.1) is 0 Å². The Hall–Kier alpha value is -1.12. The fourth-order valence-corrected chi connectivity index (χ4v) is 2.87. The van der Waals surface area contributed by atoms with Crippen molar-refractivity contribution in [1.29, 1.82) is 0 Å². The van der Waals surface area contributed by atoms with Gasteiger partial charge in [-0.25, -0.2) is 4.79 Å². The van der Waals surface area contributed by atoms with Gasteiger partial charge in [0.25, 0.3) is 0 Å². The topological polar surface area (TPSA) is 54.4 Å². The van der Waals surface area contributed by atoms with E-state index in [-0.39, 0.29) is 11.4 Å². The molecule has 0 heterocycles. The van der Waals surface area contributed by atoms with Crippen LogP contribution in [0.25, 0.3) is 0 Å². The molecule has 1 N–H and O–H groups in total. The highest BCUT2D eigenvalue weighted by atomic mass is 16.4. The lowest BCUT2D eigenvalue weighted by molar-refractivity contribution is -0.132. The van der Waals surface area contributed by atoms with Crippen LogP contribution in [0.3, 0.4) is 0 Å². The number of carbonyl (C=O) groups excluding carboxylic acids is 1. The quantitative estimate of drug-likeness (QED) is 0.245. The van der Waals surface area contributed by atoms with E-state index in [9.17, 15) is 9.59 Å². The molecule has 0 fully saturated rings. The first-order valence-corrected chi connectivity index (χ1v) is 10.0. The van der Waals surface area contributed by atoms with Gasteiger partial charge in [0.2, 0.25) is 0 Å². The molecule has 0 aliphatic rings. The predicted octanol–water partition coefficient (Wildman–Crippen LogP) is 6.46. The Kier molecular flexibility index (Phi) is 15.9. The molecule has 0 atom stereocenters. The number of allylic oxidation sites excluding steroid dienone is 1. The Morgan fingerprint density at radius 1 is 0.708 bits per heavy atom. The van der Waals surface area contributed by atoms with E-state index in [4.69, 9.17) is 5.11 Å². The average molecular weight is 339 g/mol. The van der Waals surface area contributed by atoms with Gasteiger partial charge in [0, 0.05) is 12.0 Å². The SMILES string of the molecule is CCCCCCCCCCCCCCCCC(=O)C=C(C)C(=O)O. The maximum absolute atomic E-state index is 11.5. The summed E-state index contributed by atoms with van der Waals surface area (Å²) >= 11 is 0. The molecule has 0 spiro atoms. The molecule has 0 aromatic carbocycles. The summed E-state index contributed by atoms with van der Waals surface area (Å²) < 4.78 is 0. The van der Waals surface area contributed by atoms with Gasteiger partial charge >= 0.3 is 5.97 Å². The Morgan fingerprint density at radius 3 is 1.46 bits per heavy atom. The highest BCUT2D eigenvalue weighted by Crippen LogP contribution is 2.13. The smallest absolute Gasteiger partial charge is 0.331 e. The molecule has 0 unspecified atom stereocenters. The normalized spacial score (nSPS) is 11.7. The van der Waals surface area contributed by atoms with Gasteiger partial charge in [-0.15, -0.1) is 0 Å². The van der Waals surface area contributed by atoms with Crippen LogP contribution in [0.5, 0.6) is 0 Å². The number of carboxylic acids is 1. The van der Waals surface area contributed by atoms with E-state index in [2.05, 4.69) is 6.92 Å². The number of carboxylic acid groups (broad SMARTS) is 1. The lowest BCUT2D eigenvalue weighted by Gasteiger charge is -2.03. The molecule has 0 bridgehead atoms. The van der Waals surface area contributed by atoms with Crippen LogP contribution in [0.1, 0.15) is 110 Å². The van der Waals surface area contributed by atoms with E-state index >= 15 is 0 Å². The third-order valence-corrected chi connectivity index (χ3v) is 4.49. The Bertz CT molecular complexity index is 358. The molecular formula is C21H38O3. The van der Waals surface area contributed by atoms with Gasteiger partial charge in [-0.1, -0.05) is 90.4 Å². The van der Waals surface area contributed by atoms with Crippen LogP contribution in [-0.4, -0.2) is 16.9 Å². The van der Waals surface area contributed by atoms with E-state index < -0.39 is 5.97 Å². The fourth-order valence-electron chi connectivity index (χ4n) is 2.87. The second-order valence-electron chi connectivity index (χ2n) is 6.95. The molecular weight excluding hydrogens is 300 g/mol. The van der Waals surface area contributed by atoms with Gasteiger partial charge < -0.3 is 5.11 Å². The van der Waals surface area contributed by atoms with Gasteiger partial charge in [-0.2, -0.15) is 0 Å². The van der Waals surface area contributed by atoms with Crippen LogP contribution in [0.4, 0.5) is 0 Å². The monoisotopic (exact) mass is 338 g/mol. The summed E-state index contributed by atoms with van der Waals surface area (Å²) in [5, 5.41) is 8.70. The molecule has 0 amide bonds. The first-order chi connectivity index (χ1) is 11.6. The van der Waals surface area contributed by atoms with Crippen molar-refractivity contribution in [2.75, 3.05) is 0 Å². The third-order valence-electron chi connectivity index (χ3n) is 4.49. The first-order valence-electron chi connectivity index (χ1n) is 10.0. The van der Waals surface area contributed by atoms with Crippen molar-refractivity contribution < 1.29 is 14.7 Å². The van der Waals surface area contributed by atoms with Crippen molar-refractivity contribution in [3.05, 3.63) is 11.6 Å². The zero-order valence-electron chi connectivity index (χ0n) is 15.9. The van der Waals surface area contributed by atoms with Crippen LogP contribution < -0.4 is 0 Å². The molecule has 0 aromatic rings. The second-order valence-corrected chi connectivity index (χ2v) is 6.95. The predicted molar refractivity (Wildman–Crippen MR) is 101 cm³/mol. The minimum Gasteiger partial charge on any atom is -0.478 e. The fraction of sp³-hybridized carbons (Fsp3) is 0.810. The third kappa shape index (κ3) is 15.8. The van der Waals surface area contributed by atoms with Crippen molar-refractivity contribution >= 4 is 11.8 Å². The number of hydrogen-bond acceptors (Lipinski definition) is 2. The Balaban J connectivity index is 3.27. The molecule has 0 saturated heterocycles. The van der Waals surface area contributed by atoms with Crippen LogP contribution in [0, 0.1) is 0 Å². The number of hydrogen-bond donors (Lipinski definition) is 1. The summed E-state index contributed by atoms with van der Waals surface area (Å²) in [6.07, 6.45) is 19.9. The van der Waals surface area contributed by atoms with Crippen molar-refractivity contribution in [1.82, 2.24) is 0 Å². The van der Waals surface area contributed by atoms with E-state index in [1.54, 1.807) is 0 Å².